The Morgan fingerprint density at radius 1 is 0.853 bits per heavy atom. The molecule has 0 amide bonds. The van der Waals surface area contributed by atoms with Gasteiger partial charge in [-0.3, -0.25) is 9.10 Å². The minimum atomic E-state index is -3.85. The van der Waals surface area contributed by atoms with Crippen LogP contribution in [0.1, 0.15) is 26.3 Å². The number of para-hydroxylation sites is 1. The number of esters is 1. The monoisotopic (exact) mass is 471 g/mol. The van der Waals surface area contributed by atoms with Gasteiger partial charge in [-0.05, 0) is 47.0 Å². The van der Waals surface area contributed by atoms with E-state index in [1.165, 1.54) is 28.6 Å². The topological polar surface area (TPSA) is 80.8 Å². The Kier molecular flexibility index (Phi) is 5.63. The number of anilines is 1. The molecule has 4 aromatic carbocycles. The van der Waals surface area contributed by atoms with Crippen LogP contribution in [0.4, 0.5) is 5.69 Å². The lowest BCUT2D eigenvalue weighted by molar-refractivity contribution is 0.0475. The van der Waals surface area contributed by atoms with Crippen LogP contribution in [-0.4, -0.2) is 33.3 Å². The summed E-state index contributed by atoms with van der Waals surface area (Å²) < 4.78 is 33.1. The number of ether oxygens (including phenoxy) is 1. The van der Waals surface area contributed by atoms with E-state index in [-0.39, 0.29) is 16.2 Å². The molecule has 7 heteroatoms. The predicted molar refractivity (Wildman–Crippen MR) is 130 cm³/mol. The van der Waals surface area contributed by atoms with Gasteiger partial charge in [0.1, 0.15) is 0 Å². The Morgan fingerprint density at radius 2 is 1.59 bits per heavy atom. The van der Waals surface area contributed by atoms with Crippen molar-refractivity contribution in [2.75, 3.05) is 17.5 Å². The number of fused-ring (bicyclic) bond motifs is 2. The molecule has 1 aliphatic rings. The third-order valence-corrected chi connectivity index (χ3v) is 7.74. The Morgan fingerprint density at radius 3 is 2.47 bits per heavy atom. The van der Waals surface area contributed by atoms with E-state index in [0.717, 1.165) is 16.3 Å². The lowest BCUT2D eigenvalue weighted by atomic mass is 10.0. The molecule has 0 saturated heterocycles. The highest BCUT2D eigenvalue weighted by molar-refractivity contribution is 7.92. The summed E-state index contributed by atoms with van der Waals surface area (Å²) in [7, 11) is -3.85. The van der Waals surface area contributed by atoms with Gasteiger partial charge in [-0.15, -0.1) is 0 Å². The number of carbonyl (C=O) groups excluding carboxylic acids is 2. The zero-order valence-electron chi connectivity index (χ0n) is 18.2. The molecule has 0 atom stereocenters. The van der Waals surface area contributed by atoms with E-state index in [2.05, 4.69) is 0 Å². The highest BCUT2D eigenvalue weighted by Crippen LogP contribution is 2.32. The van der Waals surface area contributed by atoms with Crippen molar-refractivity contribution in [2.45, 2.75) is 11.3 Å². The van der Waals surface area contributed by atoms with Crippen molar-refractivity contribution in [1.29, 1.82) is 0 Å². The average molecular weight is 472 g/mol. The Hall–Kier alpha value is -3.97. The van der Waals surface area contributed by atoms with Gasteiger partial charge in [0.15, 0.2) is 6.61 Å². The summed E-state index contributed by atoms with van der Waals surface area (Å²) in [4.78, 5) is 25.4. The number of hydrogen-bond acceptors (Lipinski definition) is 5. The molecule has 0 fully saturated rings. The van der Waals surface area contributed by atoms with Gasteiger partial charge in [-0.2, -0.15) is 0 Å². The van der Waals surface area contributed by atoms with Crippen LogP contribution in [0.2, 0.25) is 0 Å². The standard InChI is InChI=1S/C27H21NO5S/c29-26(24-13-6-9-19-7-1-3-12-23(19)24)18-33-27(30)21-10-5-11-22(17-21)34(31,32)28-16-15-20-8-2-4-14-25(20)28/h1-14,17H,15-16,18H2. The molecule has 0 aliphatic carbocycles. The maximum atomic E-state index is 13.3. The third kappa shape index (κ3) is 3.95. The molecule has 0 bridgehead atoms. The number of ketones is 1. The van der Waals surface area contributed by atoms with Crippen LogP contribution in [0.15, 0.2) is 95.9 Å². The number of Topliss-reactive ketones (excluding diaryl/α,β-unsaturated/α-hetero) is 1. The van der Waals surface area contributed by atoms with Gasteiger partial charge in [0.05, 0.1) is 16.1 Å². The highest BCUT2D eigenvalue weighted by atomic mass is 32.2. The molecule has 0 N–H and O–H groups in total. The first kappa shape index (κ1) is 21.9. The van der Waals surface area contributed by atoms with Gasteiger partial charge in [-0.25, -0.2) is 13.2 Å². The summed E-state index contributed by atoms with van der Waals surface area (Å²) in [5, 5.41) is 1.70. The zero-order chi connectivity index (χ0) is 23.7. The molecule has 0 spiro atoms. The van der Waals surface area contributed by atoms with Crippen LogP contribution in [-0.2, 0) is 21.2 Å². The minimum absolute atomic E-state index is 0.000895. The number of hydrogen-bond donors (Lipinski definition) is 0. The molecule has 0 aromatic heterocycles. The largest absolute Gasteiger partial charge is 0.454 e. The van der Waals surface area contributed by atoms with E-state index in [1.807, 2.05) is 42.5 Å². The SMILES string of the molecule is O=C(OCC(=O)c1cccc2ccccc12)c1cccc(S(=O)(=O)N2CCc3ccccc32)c1. The van der Waals surface area contributed by atoms with E-state index in [4.69, 9.17) is 4.74 Å². The first-order valence-corrected chi connectivity index (χ1v) is 12.3. The minimum Gasteiger partial charge on any atom is -0.454 e. The number of benzene rings is 4. The summed E-state index contributed by atoms with van der Waals surface area (Å²) in [6, 6.07) is 25.9. The Bertz CT molecular complexity index is 1520. The van der Waals surface area contributed by atoms with Gasteiger partial charge in [0, 0.05) is 12.1 Å². The van der Waals surface area contributed by atoms with Gasteiger partial charge in [-0.1, -0.05) is 66.7 Å². The summed E-state index contributed by atoms with van der Waals surface area (Å²) in [6.07, 6.45) is 0.632. The fourth-order valence-electron chi connectivity index (χ4n) is 4.23. The summed E-state index contributed by atoms with van der Waals surface area (Å²) in [5.74, 6) is -1.09. The fraction of sp³-hybridized carbons (Fsp3) is 0.111. The molecule has 1 aliphatic heterocycles. The summed E-state index contributed by atoms with van der Waals surface area (Å²) in [5.41, 5.74) is 2.15. The van der Waals surface area contributed by atoms with E-state index < -0.39 is 22.6 Å². The van der Waals surface area contributed by atoms with E-state index in [1.54, 1.807) is 24.3 Å². The van der Waals surface area contributed by atoms with Gasteiger partial charge < -0.3 is 4.74 Å². The molecule has 0 unspecified atom stereocenters. The lowest BCUT2D eigenvalue weighted by Crippen LogP contribution is -2.29. The molecule has 1 heterocycles. The molecular formula is C27H21NO5S. The first-order valence-electron chi connectivity index (χ1n) is 10.8. The summed E-state index contributed by atoms with van der Waals surface area (Å²) >= 11 is 0. The van der Waals surface area contributed by atoms with Crippen LogP contribution >= 0.6 is 0 Å². The Labute approximate surface area is 197 Å². The first-order chi connectivity index (χ1) is 16.4. The second-order valence-corrected chi connectivity index (χ2v) is 9.87. The smallest absolute Gasteiger partial charge is 0.338 e. The van der Waals surface area contributed by atoms with E-state index in [0.29, 0.717) is 24.2 Å². The molecule has 34 heavy (non-hydrogen) atoms. The predicted octanol–water partition coefficient (Wildman–Crippen LogP) is 4.63. The van der Waals surface area contributed by atoms with Crippen molar-refractivity contribution < 1.29 is 22.7 Å². The normalized spacial score (nSPS) is 13.0. The van der Waals surface area contributed by atoms with E-state index in [9.17, 15) is 18.0 Å². The second-order valence-electron chi connectivity index (χ2n) is 8.01. The molecule has 5 rings (SSSR count). The van der Waals surface area contributed by atoms with Crippen molar-refractivity contribution >= 4 is 38.2 Å². The van der Waals surface area contributed by atoms with Crippen molar-refractivity contribution in [3.05, 3.63) is 108 Å². The lowest BCUT2D eigenvalue weighted by Gasteiger charge is -2.19. The van der Waals surface area contributed by atoms with E-state index >= 15 is 0 Å². The van der Waals surface area contributed by atoms with Crippen LogP contribution in [0, 0.1) is 0 Å². The maximum Gasteiger partial charge on any atom is 0.338 e. The van der Waals surface area contributed by atoms with Gasteiger partial charge >= 0.3 is 5.97 Å². The van der Waals surface area contributed by atoms with Gasteiger partial charge in [0.2, 0.25) is 5.78 Å². The zero-order valence-corrected chi connectivity index (χ0v) is 19.0. The number of nitrogens with zero attached hydrogens (tertiary/aromatic N) is 1. The quantitative estimate of drug-likeness (QED) is 0.303. The number of rotatable bonds is 6. The van der Waals surface area contributed by atoms with Crippen molar-refractivity contribution in [1.82, 2.24) is 0 Å². The van der Waals surface area contributed by atoms with Crippen molar-refractivity contribution in [3.63, 3.8) is 0 Å². The van der Waals surface area contributed by atoms with Crippen LogP contribution in [0.3, 0.4) is 0 Å². The molecule has 0 saturated carbocycles. The molecule has 170 valence electrons. The molecule has 4 aromatic rings. The molecular weight excluding hydrogens is 450 g/mol. The molecule has 6 nitrogen and oxygen atoms in total. The Balaban J connectivity index is 1.33. The van der Waals surface area contributed by atoms with Crippen LogP contribution in [0.25, 0.3) is 10.8 Å². The van der Waals surface area contributed by atoms with Crippen molar-refractivity contribution in [3.8, 4) is 0 Å². The molecule has 0 radical (unpaired) electrons. The number of carbonyl (C=O) groups is 2. The number of sulfonamides is 1. The fourth-order valence-corrected chi connectivity index (χ4v) is 5.78. The van der Waals surface area contributed by atoms with Crippen LogP contribution in [0.5, 0.6) is 0 Å². The highest BCUT2D eigenvalue weighted by Gasteiger charge is 2.31. The second kappa shape index (κ2) is 8.76. The summed E-state index contributed by atoms with van der Waals surface area (Å²) in [6.45, 7) is -0.0980. The van der Waals surface area contributed by atoms with Crippen molar-refractivity contribution in [2.24, 2.45) is 0 Å². The maximum absolute atomic E-state index is 13.3. The average Bonchev–Trinajstić information content (AvgIpc) is 3.32. The third-order valence-electron chi connectivity index (χ3n) is 5.93. The van der Waals surface area contributed by atoms with Crippen LogP contribution < -0.4 is 4.31 Å². The van der Waals surface area contributed by atoms with Gasteiger partial charge in [0.25, 0.3) is 10.0 Å².